The molecule has 1 saturated heterocycles. The Morgan fingerprint density at radius 1 is 1.18 bits per heavy atom. The average molecular weight is 584 g/mol. The summed E-state index contributed by atoms with van der Waals surface area (Å²) in [7, 11) is -4.12. The number of rotatable bonds is 7. The van der Waals surface area contributed by atoms with Crippen LogP contribution in [0.5, 0.6) is 5.75 Å². The Bertz CT molecular complexity index is 1460. The van der Waals surface area contributed by atoms with Crippen LogP contribution in [-0.2, 0) is 26.2 Å². The highest BCUT2D eigenvalue weighted by Crippen LogP contribution is 2.42. The number of alkyl halides is 3. The van der Waals surface area contributed by atoms with Gasteiger partial charge in [-0.3, -0.25) is 19.7 Å². The molecule has 0 radical (unpaired) electrons. The molecule has 2 unspecified atom stereocenters. The van der Waals surface area contributed by atoms with Crippen LogP contribution in [0.3, 0.4) is 0 Å². The maximum Gasteiger partial charge on any atom is 0.471 e. The summed E-state index contributed by atoms with van der Waals surface area (Å²) in [5.41, 5.74) is -0.395. The van der Waals surface area contributed by atoms with Crippen molar-refractivity contribution in [3.63, 3.8) is 0 Å². The number of nitro benzene ring substituents is 1. The van der Waals surface area contributed by atoms with E-state index < -0.39 is 62.1 Å². The van der Waals surface area contributed by atoms with Crippen molar-refractivity contribution < 1.29 is 40.8 Å². The molecule has 1 N–H and O–H groups in total. The highest BCUT2D eigenvalue weighted by atomic mass is 32.2. The number of ether oxygens (including phenoxy) is 1. The zero-order valence-electron chi connectivity index (χ0n) is 20.8. The van der Waals surface area contributed by atoms with Crippen molar-refractivity contribution in [2.45, 2.75) is 55.4 Å². The lowest BCUT2D eigenvalue weighted by Gasteiger charge is -2.37. The molecule has 2 aromatic rings. The zero-order valence-corrected chi connectivity index (χ0v) is 21.7. The molecule has 3 heterocycles. The van der Waals surface area contributed by atoms with E-state index in [0.29, 0.717) is 12.8 Å². The number of aromatic nitrogens is 1. The molecule has 0 bridgehead atoms. The molecule has 16 heteroatoms. The van der Waals surface area contributed by atoms with Crippen molar-refractivity contribution in [3.05, 3.63) is 52.2 Å². The number of amides is 2. The number of sulfonamides is 1. The Kier molecular flexibility index (Phi) is 7.16. The number of pyridine rings is 1. The first-order valence-corrected chi connectivity index (χ1v) is 13.9. The van der Waals surface area contributed by atoms with E-state index in [1.165, 1.54) is 34.6 Å². The Balaban J connectivity index is 1.27. The minimum Gasteiger partial charge on any atom is -0.480 e. The number of fused-ring (bicyclic) bond motifs is 1. The van der Waals surface area contributed by atoms with Crippen LogP contribution in [0.15, 0.2) is 41.3 Å². The number of para-hydroxylation sites is 1. The van der Waals surface area contributed by atoms with Crippen molar-refractivity contribution in [1.82, 2.24) is 14.2 Å². The van der Waals surface area contributed by atoms with E-state index in [1.807, 2.05) is 0 Å². The molecule has 0 spiro atoms. The van der Waals surface area contributed by atoms with Gasteiger partial charge in [0.15, 0.2) is 23.1 Å². The maximum atomic E-state index is 13.5. The van der Waals surface area contributed by atoms with Crippen molar-refractivity contribution in [1.29, 1.82) is 0 Å². The Labute approximate surface area is 226 Å². The fourth-order valence-corrected chi connectivity index (χ4v) is 7.13. The molecule has 5 rings (SSSR count). The van der Waals surface area contributed by atoms with Crippen molar-refractivity contribution in [3.8, 4) is 5.75 Å². The number of nitrogens with one attached hydrogen (secondary N) is 1. The number of hydrogen-bond acceptors (Lipinski definition) is 8. The van der Waals surface area contributed by atoms with Gasteiger partial charge in [0.1, 0.15) is 0 Å². The number of hydrogen-bond donors (Lipinski definition) is 1. The van der Waals surface area contributed by atoms with Crippen molar-refractivity contribution in [2.75, 3.05) is 18.5 Å². The SMILES string of the molecule is O=C1COc2ccc(CN(C(=O)C(F)(F)F)C3CCC(C4CN4S(=O)(=O)c4ccccc4[N+](=O)[O-])CC3)nc2N1. The first-order chi connectivity index (χ1) is 18.9. The van der Waals surface area contributed by atoms with E-state index in [2.05, 4.69) is 10.3 Å². The molecule has 2 amide bonds. The molecule has 3 aliphatic rings. The normalized spacial score (nSPS) is 24.3. The minimum absolute atomic E-state index is 0.0607. The molecule has 1 aromatic carbocycles. The van der Waals surface area contributed by atoms with Crippen LogP contribution >= 0.6 is 0 Å². The van der Waals surface area contributed by atoms with Crippen LogP contribution in [0.25, 0.3) is 0 Å². The number of halogens is 3. The van der Waals surface area contributed by atoms with E-state index in [0.717, 1.165) is 11.0 Å². The number of carbonyl (C=O) groups is 2. The van der Waals surface area contributed by atoms with Crippen LogP contribution in [0.4, 0.5) is 24.7 Å². The first-order valence-electron chi connectivity index (χ1n) is 12.4. The molecule has 214 valence electrons. The Hall–Kier alpha value is -3.79. The van der Waals surface area contributed by atoms with E-state index in [1.54, 1.807) is 0 Å². The molecule has 2 atom stereocenters. The molecule has 2 aliphatic heterocycles. The molecule has 2 fully saturated rings. The van der Waals surface area contributed by atoms with Crippen LogP contribution in [0, 0.1) is 16.0 Å². The maximum absolute atomic E-state index is 13.5. The fraction of sp³-hybridized carbons (Fsp3) is 0.458. The standard InChI is InChI=1S/C24H24F3N5O7S/c25-24(26,27)23(34)30(11-15-7-10-19-22(28-15)29-21(33)13-39-19)16-8-5-14(6-9-16)18-12-31(18)40(37,38)20-4-2-1-3-17(20)32(35)36/h1-4,7,10,14,16,18H,5-6,8-9,11-13H2,(H,28,29,33). The summed E-state index contributed by atoms with van der Waals surface area (Å²) in [6.07, 6.45) is -3.99. The van der Waals surface area contributed by atoms with E-state index >= 15 is 0 Å². The fourth-order valence-electron chi connectivity index (χ4n) is 5.34. The van der Waals surface area contributed by atoms with Gasteiger partial charge < -0.3 is 15.0 Å². The van der Waals surface area contributed by atoms with Gasteiger partial charge in [0.2, 0.25) is 10.0 Å². The molecule has 1 saturated carbocycles. The third-order valence-corrected chi connectivity index (χ3v) is 9.28. The summed E-state index contributed by atoms with van der Waals surface area (Å²) in [4.78, 5) is 39.0. The largest absolute Gasteiger partial charge is 0.480 e. The van der Waals surface area contributed by atoms with Gasteiger partial charge in [0, 0.05) is 24.7 Å². The number of nitro groups is 1. The van der Waals surface area contributed by atoms with Gasteiger partial charge >= 0.3 is 12.1 Å². The summed E-state index contributed by atoms with van der Waals surface area (Å²) in [6, 6.07) is 6.74. The molecule has 1 aliphatic carbocycles. The number of benzene rings is 1. The Morgan fingerprint density at radius 2 is 1.88 bits per heavy atom. The molecular formula is C24H24F3N5O7S. The average Bonchev–Trinajstić information content (AvgIpc) is 3.73. The lowest BCUT2D eigenvalue weighted by molar-refractivity contribution is -0.387. The minimum atomic E-state index is -5.12. The topological polar surface area (TPSA) is 152 Å². The van der Waals surface area contributed by atoms with Gasteiger partial charge in [-0.05, 0) is 49.8 Å². The summed E-state index contributed by atoms with van der Waals surface area (Å²) < 4.78 is 73.1. The monoisotopic (exact) mass is 583 g/mol. The van der Waals surface area contributed by atoms with Gasteiger partial charge in [-0.2, -0.15) is 17.5 Å². The summed E-state index contributed by atoms with van der Waals surface area (Å²) in [6.45, 7) is -0.502. The molecule has 1 aromatic heterocycles. The predicted octanol–water partition coefficient (Wildman–Crippen LogP) is 2.84. The van der Waals surface area contributed by atoms with E-state index in [-0.39, 0.29) is 49.2 Å². The van der Waals surface area contributed by atoms with Gasteiger partial charge in [0.25, 0.3) is 11.6 Å². The highest BCUT2D eigenvalue weighted by molar-refractivity contribution is 7.89. The molecule has 40 heavy (non-hydrogen) atoms. The zero-order chi connectivity index (χ0) is 28.8. The van der Waals surface area contributed by atoms with Crippen molar-refractivity contribution in [2.24, 2.45) is 5.92 Å². The third-order valence-electron chi connectivity index (χ3n) is 7.35. The van der Waals surface area contributed by atoms with Crippen molar-refractivity contribution >= 4 is 33.3 Å². The van der Waals surface area contributed by atoms with Crippen LogP contribution < -0.4 is 10.1 Å². The van der Waals surface area contributed by atoms with Gasteiger partial charge in [-0.25, -0.2) is 13.4 Å². The lowest BCUT2D eigenvalue weighted by atomic mass is 9.83. The second-order valence-corrected chi connectivity index (χ2v) is 11.7. The summed E-state index contributed by atoms with van der Waals surface area (Å²) in [5.74, 6) is -2.32. The Morgan fingerprint density at radius 3 is 2.55 bits per heavy atom. The third kappa shape index (κ3) is 5.45. The summed E-state index contributed by atoms with van der Waals surface area (Å²) >= 11 is 0. The lowest BCUT2D eigenvalue weighted by Crippen LogP contribution is -2.48. The highest BCUT2D eigenvalue weighted by Gasteiger charge is 2.52. The second-order valence-electron chi connectivity index (χ2n) is 9.85. The number of anilines is 1. The molecular weight excluding hydrogens is 559 g/mol. The van der Waals surface area contributed by atoms with E-state index in [4.69, 9.17) is 4.74 Å². The van der Waals surface area contributed by atoms with E-state index in [9.17, 15) is 41.3 Å². The van der Waals surface area contributed by atoms with Gasteiger partial charge in [-0.1, -0.05) is 12.1 Å². The van der Waals surface area contributed by atoms with Gasteiger partial charge in [-0.15, -0.1) is 0 Å². The number of nitrogens with zero attached hydrogens (tertiary/aromatic N) is 4. The second kappa shape index (κ2) is 10.3. The van der Waals surface area contributed by atoms with Crippen LogP contribution in [0.1, 0.15) is 31.4 Å². The van der Waals surface area contributed by atoms with Gasteiger partial charge in [0.05, 0.1) is 17.2 Å². The summed E-state index contributed by atoms with van der Waals surface area (Å²) in [5, 5.41) is 13.8. The predicted molar refractivity (Wildman–Crippen MR) is 131 cm³/mol. The van der Waals surface area contributed by atoms with Crippen LogP contribution in [0.2, 0.25) is 0 Å². The first kappa shape index (κ1) is 27.8. The smallest absolute Gasteiger partial charge is 0.471 e. The van der Waals surface area contributed by atoms with Crippen LogP contribution in [-0.4, -0.2) is 70.8 Å². The number of carbonyl (C=O) groups excluding carboxylic acids is 2. The quantitative estimate of drug-likeness (QED) is 0.297. The molecule has 12 nitrogen and oxygen atoms in total.